The molecule has 0 radical (unpaired) electrons. The Morgan fingerprint density at radius 2 is 1.48 bits per heavy atom. The van der Waals surface area contributed by atoms with Gasteiger partial charge in [0, 0.05) is 6.54 Å². The molecule has 3 rings (SSSR count). The van der Waals surface area contributed by atoms with Crippen LogP contribution < -0.4 is 0 Å². The lowest BCUT2D eigenvalue weighted by Gasteiger charge is -2.16. The lowest BCUT2D eigenvalue weighted by Crippen LogP contribution is -2.18. The highest BCUT2D eigenvalue weighted by Crippen LogP contribution is 2.19. The first-order chi connectivity index (χ1) is 11.1. The molecule has 0 atom stereocenters. The van der Waals surface area contributed by atoms with E-state index < -0.39 is 0 Å². The maximum absolute atomic E-state index is 9.14. The van der Waals surface area contributed by atoms with E-state index in [2.05, 4.69) is 49.1 Å². The molecule has 2 nitrogen and oxygen atoms in total. The van der Waals surface area contributed by atoms with Crippen LogP contribution in [0.4, 0.5) is 0 Å². The molecule has 0 unspecified atom stereocenters. The van der Waals surface area contributed by atoms with Gasteiger partial charge in [0.2, 0.25) is 0 Å². The van der Waals surface area contributed by atoms with Gasteiger partial charge in [-0.25, -0.2) is 0 Å². The number of benzene rings is 2. The largest absolute Gasteiger partial charge is 0.299 e. The predicted octanol–water partition coefficient (Wildman–Crippen LogP) is 4.36. The molecule has 1 saturated heterocycles. The van der Waals surface area contributed by atoms with E-state index in [4.69, 9.17) is 5.26 Å². The fourth-order valence-corrected chi connectivity index (χ4v) is 3.61. The van der Waals surface area contributed by atoms with E-state index in [1.165, 1.54) is 48.2 Å². The molecule has 2 heteroatoms. The van der Waals surface area contributed by atoms with E-state index in [9.17, 15) is 0 Å². The molecule has 23 heavy (non-hydrogen) atoms. The van der Waals surface area contributed by atoms with Crippen LogP contribution in [0.1, 0.15) is 46.2 Å². The van der Waals surface area contributed by atoms with Crippen molar-refractivity contribution in [3.05, 3.63) is 69.8 Å². The normalized spacial score (nSPS) is 14.8. The van der Waals surface area contributed by atoms with E-state index >= 15 is 0 Å². The summed E-state index contributed by atoms with van der Waals surface area (Å²) in [6.07, 6.45) is 3.56. The van der Waals surface area contributed by atoms with Crippen LogP contribution in [0.2, 0.25) is 0 Å². The zero-order chi connectivity index (χ0) is 16.2. The van der Waals surface area contributed by atoms with Crippen molar-refractivity contribution in [1.82, 2.24) is 4.90 Å². The van der Waals surface area contributed by atoms with Gasteiger partial charge in [-0.1, -0.05) is 29.8 Å². The number of hydrogen-bond acceptors (Lipinski definition) is 2. The first-order valence-corrected chi connectivity index (χ1v) is 8.45. The summed E-state index contributed by atoms with van der Waals surface area (Å²) in [4.78, 5) is 2.54. The van der Waals surface area contributed by atoms with Crippen molar-refractivity contribution in [2.24, 2.45) is 0 Å². The Balaban J connectivity index is 1.81. The number of nitriles is 1. The van der Waals surface area contributed by atoms with Gasteiger partial charge in [-0.15, -0.1) is 0 Å². The van der Waals surface area contributed by atoms with Gasteiger partial charge in [0.1, 0.15) is 0 Å². The first-order valence-electron chi connectivity index (χ1n) is 8.45. The lowest BCUT2D eigenvalue weighted by atomic mass is 9.97. The van der Waals surface area contributed by atoms with Crippen LogP contribution in [0.25, 0.3) is 0 Å². The van der Waals surface area contributed by atoms with Crippen LogP contribution in [0.15, 0.2) is 36.4 Å². The van der Waals surface area contributed by atoms with Gasteiger partial charge in [0.05, 0.1) is 11.6 Å². The lowest BCUT2D eigenvalue weighted by molar-refractivity contribution is 0.331. The quantitative estimate of drug-likeness (QED) is 0.839. The van der Waals surface area contributed by atoms with Gasteiger partial charge < -0.3 is 0 Å². The third kappa shape index (κ3) is 4.21. The Kier molecular flexibility index (Phi) is 4.79. The molecular formula is C21H24N2. The van der Waals surface area contributed by atoms with Crippen molar-refractivity contribution in [3.8, 4) is 6.07 Å². The average molecular weight is 304 g/mol. The van der Waals surface area contributed by atoms with E-state index in [-0.39, 0.29) is 0 Å². The van der Waals surface area contributed by atoms with Gasteiger partial charge in [-0.2, -0.15) is 5.26 Å². The number of hydrogen-bond donors (Lipinski definition) is 0. The van der Waals surface area contributed by atoms with Crippen molar-refractivity contribution in [3.63, 3.8) is 0 Å². The van der Waals surface area contributed by atoms with Crippen LogP contribution in [-0.2, 0) is 13.0 Å². The molecule has 1 aliphatic heterocycles. The zero-order valence-electron chi connectivity index (χ0n) is 14.1. The highest BCUT2D eigenvalue weighted by atomic mass is 15.1. The standard InChI is InChI=1S/C21H24N2/c1-16-7-18(12-20(9-16)14-22)11-19-8-17(2)10-21(13-19)15-23-5-3-4-6-23/h7-10,12-13H,3-6,11,15H2,1-2H3. The summed E-state index contributed by atoms with van der Waals surface area (Å²) in [5.41, 5.74) is 7.21. The fourth-order valence-electron chi connectivity index (χ4n) is 3.61. The van der Waals surface area contributed by atoms with Gasteiger partial charge in [0.15, 0.2) is 0 Å². The van der Waals surface area contributed by atoms with E-state index in [0.29, 0.717) is 0 Å². The molecule has 1 heterocycles. The van der Waals surface area contributed by atoms with Gasteiger partial charge in [-0.05, 0) is 80.6 Å². The minimum atomic E-state index is 0.755. The van der Waals surface area contributed by atoms with Crippen LogP contribution >= 0.6 is 0 Å². The molecule has 0 aliphatic carbocycles. The molecule has 0 N–H and O–H groups in total. The van der Waals surface area contributed by atoms with Crippen molar-refractivity contribution >= 4 is 0 Å². The molecule has 0 bridgehead atoms. The van der Waals surface area contributed by atoms with Crippen molar-refractivity contribution < 1.29 is 0 Å². The highest BCUT2D eigenvalue weighted by Gasteiger charge is 2.12. The minimum Gasteiger partial charge on any atom is -0.299 e. The third-order valence-electron chi connectivity index (χ3n) is 4.48. The Labute approximate surface area is 139 Å². The Bertz CT molecular complexity index is 734. The second-order valence-electron chi connectivity index (χ2n) is 6.81. The number of aryl methyl sites for hydroxylation is 2. The molecule has 0 saturated carbocycles. The summed E-state index contributed by atoms with van der Waals surface area (Å²) in [5, 5.41) is 9.14. The molecule has 0 aromatic heterocycles. The molecular weight excluding hydrogens is 280 g/mol. The molecule has 1 aliphatic rings. The van der Waals surface area contributed by atoms with Gasteiger partial charge in [0.25, 0.3) is 0 Å². The van der Waals surface area contributed by atoms with Gasteiger partial charge >= 0.3 is 0 Å². The summed E-state index contributed by atoms with van der Waals surface area (Å²) >= 11 is 0. The SMILES string of the molecule is Cc1cc(C#N)cc(Cc2cc(C)cc(CN3CCCC3)c2)c1. The average Bonchev–Trinajstić information content (AvgIpc) is 2.98. The predicted molar refractivity (Wildman–Crippen MR) is 94.4 cm³/mol. The van der Waals surface area contributed by atoms with E-state index in [0.717, 1.165) is 24.1 Å². The Morgan fingerprint density at radius 1 is 0.870 bits per heavy atom. The molecule has 118 valence electrons. The van der Waals surface area contributed by atoms with Crippen molar-refractivity contribution in [1.29, 1.82) is 5.26 Å². The second kappa shape index (κ2) is 6.98. The summed E-state index contributed by atoms with van der Waals surface area (Å²) in [7, 11) is 0. The third-order valence-corrected chi connectivity index (χ3v) is 4.48. The molecule has 2 aromatic carbocycles. The minimum absolute atomic E-state index is 0.755. The number of nitrogens with zero attached hydrogens (tertiary/aromatic N) is 2. The summed E-state index contributed by atoms with van der Waals surface area (Å²) in [6.45, 7) is 7.75. The number of likely N-dealkylation sites (tertiary alicyclic amines) is 1. The van der Waals surface area contributed by atoms with Crippen LogP contribution in [0.5, 0.6) is 0 Å². The zero-order valence-corrected chi connectivity index (χ0v) is 14.1. The molecule has 0 amide bonds. The maximum atomic E-state index is 9.14. The molecule has 1 fully saturated rings. The second-order valence-corrected chi connectivity index (χ2v) is 6.81. The summed E-state index contributed by atoms with van der Waals surface area (Å²) in [5.74, 6) is 0. The van der Waals surface area contributed by atoms with Crippen LogP contribution in [0, 0.1) is 25.2 Å². The van der Waals surface area contributed by atoms with Crippen molar-refractivity contribution in [2.45, 2.75) is 39.7 Å². The Hall–Kier alpha value is -2.11. The Morgan fingerprint density at radius 3 is 2.17 bits per heavy atom. The summed E-state index contributed by atoms with van der Waals surface area (Å²) in [6, 6.07) is 15.3. The van der Waals surface area contributed by atoms with Crippen LogP contribution in [0.3, 0.4) is 0 Å². The first kappa shape index (κ1) is 15.8. The fraction of sp³-hybridized carbons (Fsp3) is 0.381. The number of rotatable bonds is 4. The van der Waals surface area contributed by atoms with Crippen molar-refractivity contribution in [2.75, 3.05) is 13.1 Å². The molecule has 2 aromatic rings. The van der Waals surface area contributed by atoms with Crippen LogP contribution in [-0.4, -0.2) is 18.0 Å². The van der Waals surface area contributed by atoms with E-state index in [1.54, 1.807) is 0 Å². The van der Waals surface area contributed by atoms with E-state index in [1.807, 2.05) is 12.1 Å². The summed E-state index contributed by atoms with van der Waals surface area (Å²) < 4.78 is 0. The van der Waals surface area contributed by atoms with Gasteiger partial charge in [-0.3, -0.25) is 4.90 Å². The highest BCUT2D eigenvalue weighted by molar-refractivity contribution is 5.40. The maximum Gasteiger partial charge on any atom is 0.0991 e. The smallest absolute Gasteiger partial charge is 0.0991 e. The topological polar surface area (TPSA) is 27.0 Å². The molecule has 0 spiro atoms. The monoisotopic (exact) mass is 304 g/mol.